The molecule has 2 rings (SSSR count). The molecule has 0 saturated carbocycles. The fraction of sp³-hybridized carbons (Fsp3) is 0.875. The van der Waals surface area contributed by atoms with E-state index in [1.165, 1.54) is 31.6 Å². The summed E-state index contributed by atoms with van der Waals surface area (Å²) in [7, 11) is -1.68. The SMILES string of the molecule is CC(C)(C)[Si](C)(C)OC1CC=C(N2CCCC2)C(Cl)C1. The zero-order valence-corrected chi connectivity index (χ0v) is 15.5. The van der Waals surface area contributed by atoms with E-state index in [1.54, 1.807) is 0 Å². The third-order valence-electron chi connectivity index (χ3n) is 5.12. The highest BCUT2D eigenvalue weighted by Gasteiger charge is 2.40. The lowest BCUT2D eigenvalue weighted by Crippen LogP contribution is -2.45. The number of rotatable bonds is 3. The van der Waals surface area contributed by atoms with Crippen molar-refractivity contribution in [3.8, 4) is 0 Å². The topological polar surface area (TPSA) is 12.5 Å². The van der Waals surface area contributed by atoms with Gasteiger partial charge in [0, 0.05) is 18.8 Å². The van der Waals surface area contributed by atoms with Crippen LogP contribution in [0.15, 0.2) is 11.8 Å². The number of nitrogens with zero attached hydrogens (tertiary/aromatic N) is 1. The molecule has 2 nitrogen and oxygen atoms in total. The maximum atomic E-state index is 6.63. The van der Waals surface area contributed by atoms with Crippen LogP contribution in [0.3, 0.4) is 0 Å². The Morgan fingerprint density at radius 1 is 1.25 bits per heavy atom. The molecule has 0 aromatic carbocycles. The van der Waals surface area contributed by atoms with E-state index < -0.39 is 8.32 Å². The van der Waals surface area contributed by atoms with Crippen molar-refractivity contribution >= 4 is 19.9 Å². The van der Waals surface area contributed by atoms with Gasteiger partial charge in [0.1, 0.15) is 0 Å². The van der Waals surface area contributed by atoms with Gasteiger partial charge in [-0.05, 0) is 43.8 Å². The standard InChI is InChI=1S/C16H30ClNOSi/c1-16(2,3)20(4,5)19-13-8-9-15(14(17)12-13)18-10-6-7-11-18/h9,13-14H,6-8,10-12H2,1-5H3. The molecule has 0 radical (unpaired) electrons. The lowest BCUT2D eigenvalue weighted by Gasteiger charge is -2.41. The fourth-order valence-corrected chi connectivity index (χ4v) is 4.63. The third kappa shape index (κ3) is 3.61. The molecule has 2 aliphatic rings. The molecule has 0 aromatic heterocycles. The average molecular weight is 316 g/mol. The van der Waals surface area contributed by atoms with Gasteiger partial charge in [0.05, 0.1) is 11.5 Å². The Labute approximate surface area is 130 Å². The van der Waals surface area contributed by atoms with Gasteiger partial charge >= 0.3 is 0 Å². The minimum absolute atomic E-state index is 0.136. The lowest BCUT2D eigenvalue weighted by molar-refractivity contribution is 0.163. The largest absolute Gasteiger partial charge is 0.414 e. The summed E-state index contributed by atoms with van der Waals surface area (Å²) >= 11 is 6.63. The highest BCUT2D eigenvalue weighted by Crippen LogP contribution is 2.40. The van der Waals surface area contributed by atoms with E-state index in [2.05, 4.69) is 44.8 Å². The van der Waals surface area contributed by atoms with Crippen molar-refractivity contribution in [1.29, 1.82) is 0 Å². The van der Waals surface area contributed by atoms with Gasteiger partial charge in [-0.3, -0.25) is 0 Å². The smallest absolute Gasteiger partial charge is 0.192 e. The molecular formula is C16H30ClNOSi. The van der Waals surface area contributed by atoms with E-state index in [1.807, 2.05) is 0 Å². The predicted molar refractivity (Wildman–Crippen MR) is 89.8 cm³/mol. The summed E-state index contributed by atoms with van der Waals surface area (Å²) < 4.78 is 6.52. The van der Waals surface area contributed by atoms with Crippen LogP contribution in [-0.4, -0.2) is 37.8 Å². The van der Waals surface area contributed by atoms with Crippen LogP contribution in [0.25, 0.3) is 0 Å². The van der Waals surface area contributed by atoms with E-state index in [0.717, 1.165) is 12.8 Å². The molecule has 1 fully saturated rings. The molecular weight excluding hydrogens is 286 g/mol. The minimum Gasteiger partial charge on any atom is -0.414 e. The second-order valence-electron chi connectivity index (χ2n) is 7.76. The number of likely N-dealkylation sites (tertiary alicyclic amines) is 1. The van der Waals surface area contributed by atoms with Gasteiger partial charge in [0.25, 0.3) is 0 Å². The Balaban J connectivity index is 1.98. The van der Waals surface area contributed by atoms with Crippen LogP contribution in [0.5, 0.6) is 0 Å². The van der Waals surface area contributed by atoms with Gasteiger partial charge in [-0.2, -0.15) is 0 Å². The van der Waals surface area contributed by atoms with Crippen molar-refractivity contribution in [2.75, 3.05) is 13.1 Å². The quantitative estimate of drug-likeness (QED) is 0.550. The van der Waals surface area contributed by atoms with Crippen LogP contribution in [0.2, 0.25) is 18.1 Å². The molecule has 0 amide bonds. The maximum absolute atomic E-state index is 6.63. The second kappa shape index (κ2) is 6.02. The van der Waals surface area contributed by atoms with Crippen molar-refractivity contribution in [1.82, 2.24) is 4.90 Å². The van der Waals surface area contributed by atoms with Crippen LogP contribution >= 0.6 is 11.6 Å². The molecule has 1 saturated heterocycles. The fourth-order valence-electron chi connectivity index (χ4n) is 2.82. The van der Waals surface area contributed by atoms with Gasteiger partial charge in [-0.15, -0.1) is 11.6 Å². The minimum atomic E-state index is -1.68. The van der Waals surface area contributed by atoms with Crippen LogP contribution in [-0.2, 0) is 4.43 Å². The Hall–Kier alpha value is 0.00688. The first kappa shape index (κ1) is 16.4. The zero-order valence-electron chi connectivity index (χ0n) is 13.7. The number of hydrogen-bond donors (Lipinski definition) is 0. The summed E-state index contributed by atoms with van der Waals surface area (Å²) in [6, 6.07) is 0. The summed E-state index contributed by atoms with van der Waals surface area (Å²) in [5.41, 5.74) is 1.36. The second-order valence-corrected chi connectivity index (χ2v) is 13.0. The van der Waals surface area contributed by atoms with Crippen LogP contribution in [0.4, 0.5) is 0 Å². The normalized spacial score (nSPS) is 28.7. The Bertz CT molecular complexity index is 369. The Morgan fingerprint density at radius 2 is 1.85 bits per heavy atom. The van der Waals surface area contributed by atoms with Crippen molar-refractivity contribution in [3.63, 3.8) is 0 Å². The van der Waals surface area contributed by atoms with E-state index in [-0.39, 0.29) is 10.4 Å². The van der Waals surface area contributed by atoms with Crippen molar-refractivity contribution < 1.29 is 4.43 Å². The van der Waals surface area contributed by atoms with Gasteiger partial charge in [0.2, 0.25) is 0 Å². The molecule has 1 aliphatic heterocycles. The summed E-state index contributed by atoms with van der Waals surface area (Å²) in [6.45, 7) is 13.9. The summed E-state index contributed by atoms with van der Waals surface area (Å²) in [4.78, 5) is 2.47. The van der Waals surface area contributed by atoms with Gasteiger partial charge in [0.15, 0.2) is 8.32 Å². The van der Waals surface area contributed by atoms with Crippen LogP contribution in [0.1, 0.15) is 46.5 Å². The first-order valence-corrected chi connectivity index (χ1v) is 11.3. The van der Waals surface area contributed by atoms with Crippen molar-refractivity contribution in [2.24, 2.45) is 0 Å². The molecule has 2 unspecified atom stereocenters. The molecule has 20 heavy (non-hydrogen) atoms. The molecule has 0 spiro atoms. The average Bonchev–Trinajstić information content (AvgIpc) is 2.80. The molecule has 1 aliphatic carbocycles. The number of hydrogen-bond acceptors (Lipinski definition) is 2. The van der Waals surface area contributed by atoms with Gasteiger partial charge < -0.3 is 9.33 Å². The zero-order chi connectivity index (χ0) is 15.0. The third-order valence-corrected chi connectivity index (χ3v) is 10.1. The van der Waals surface area contributed by atoms with Crippen LogP contribution in [0, 0.1) is 0 Å². The number of halogens is 1. The monoisotopic (exact) mass is 315 g/mol. The highest BCUT2D eigenvalue weighted by atomic mass is 35.5. The molecule has 116 valence electrons. The van der Waals surface area contributed by atoms with E-state index in [4.69, 9.17) is 16.0 Å². The van der Waals surface area contributed by atoms with Gasteiger partial charge in [-0.25, -0.2) is 0 Å². The first-order chi connectivity index (χ1) is 9.21. The van der Waals surface area contributed by atoms with E-state index in [0.29, 0.717) is 6.10 Å². The van der Waals surface area contributed by atoms with E-state index in [9.17, 15) is 0 Å². The highest BCUT2D eigenvalue weighted by molar-refractivity contribution is 6.74. The Kier molecular flexibility index (Phi) is 4.93. The predicted octanol–water partition coefficient (Wildman–Crippen LogP) is 4.76. The summed E-state index contributed by atoms with van der Waals surface area (Å²) in [6.07, 6.45) is 7.27. The summed E-state index contributed by atoms with van der Waals surface area (Å²) in [5, 5.41) is 0.407. The van der Waals surface area contributed by atoms with Gasteiger partial charge in [-0.1, -0.05) is 26.8 Å². The summed E-state index contributed by atoms with van der Waals surface area (Å²) in [5.74, 6) is 0. The first-order valence-electron chi connectivity index (χ1n) is 7.97. The number of allylic oxidation sites excluding steroid dienone is 1. The molecule has 2 atom stereocenters. The Morgan fingerprint density at radius 3 is 2.35 bits per heavy atom. The lowest BCUT2D eigenvalue weighted by atomic mass is 10.0. The maximum Gasteiger partial charge on any atom is 0.192 e. The van der Waals surface area contributed by atoms with Crippen LogP contribution < -0.4 is 0 Å². The molecule has 1 heterocycles. The molecule has 4 heteroatoms. The van der Waals surface area contributed by atoms with E-state index >= 15 is 0 Å². The van der Waals surface area contributed by atoms with Crippen molar-refractivity contribution in [3.05, 3.63) is 11.8 Å². The molecule has 0 bridgehead atoms. The number of alkyl halides is 1. The van der Waals surface area contributed by atoms with Crippen molar-refractivity contribution in [2.45, 2.75) is 76.1 Å². The molecule has 0 N–H and O–H groups in total. The molecule has 0 aromatic rings.